The van der Waals surface area contributed by atoms with Crippen molar-refractivity contribution in [3.8, 4) is 21.8 Å². The van der Waals surface area contributed by atoms with Crippen LogP contribution in [0.15, 0.2) is 60.8 Å². The molecule has 2 N–H and O–H groups in total. The molecule has 4 aromatic rings. The number of nitrogens with zero attached hydrogens (tertiary/aromatic N) is 4. The molecule has 7 nitrogen and oxygen atoms in total. The van der Waals surface area contributed by atoms with Crippen LogP contribution in [0.2, 0.25) is 0 Å². The van der Waals surface area contributed by atoms with Gasteiger partial charge in [-0.1, -0.05) is 36.4 Å². The van der Waals surface area contributed by atoms with Crippen molar-refractivity contribution < 1.29 is 4.79 Å². The Kier molecular flexibility index (Phi) is 7.62. The average Bonchev–Trinajstić information content (AvgIpc) is 3.22. The SMILES string of the molecule is C/C=C\N(C=N)CCCNC(=O)c1ccc2nc(-c3sc(C)nc3C)c(-c3ccccc3)nc2c1. The van der Waals surface area contributed by atoms with Gasteiger partial charge in [0.2, 0.25) is 0 Å². The van der Waals surface area contributed by atoms with Crippen LogP contribution in [0.5, 0.6) is 0 Å². The Morgan fingerprint density at radius 3 is 2.51 bits per heavy atom. The molecule has 2 aromatic heterocycles. The second-order valence-corrected chi connectivity index (χ2v) is 9.30. The predicted molar refractivity (Wildman–Crippen MR) is 143 cm³/mol. The number of benzene rings is 2. The molecule has 0 aliphatic heterocycles. The van der Waals surface area contributed by atoms with E-state index in [1.807, 2.05) is 69.4 Å². The maximum atomic E-state index is 12.8. The zero-order valence-electron chi connectivity index (χ0n) is 20.1. The topological polar surface area (TPSA) is 94.9 Å². The maximum Gasteiger partial charge on any atom is 0.251 e. The van der Waals surface area contributed by atoms with Gasteiger partial charge in [-0.05, 0) is 45.4 Å². The summed E-state index contributed by atoms with van der Waals surface area (Å²) >= 11 is 1.61. The van der Waals surface area contributed by atoms with Gasteiger partial charge in [-0.2, -0.15) is 0 Å². The second kappa shape index (κ2) is 11.0. The monoisotopic (exact) mass is 484 g/mol. The Hall–Kier alpha value is -3.91. The minimum absolute atomic E-state index is 0.152. The van der Waals surface area contributed by atoms with E-state index in [-0.39, 0.29) is 5.91 Å². The fraction of sp³-hybridized carbons (Fsp3) is 0.222. The van der Waals surface area contributed by atoms with Crippen LogP contribution < -0.4 is 5.32 Å². The Morgan fingerprint density at radius 1 is 1.06 bits per heavy atom. The molecule has 0 radical (unpaired) electrons. The van der Waals surface area contributed by atoms with Crippen LogP contribution in [0.3, 0.4) is 0 Å². The highest BCUT2D eigenvalue weighted by atomic mass is 32.1. The van der Waals surface area contributed by atoms with Crippen molar-refractivity contribution in [2.45, 2.75) is 27.2 Å². The van der Waals surface area contributed by atoms with Crippen LogP contribution in [0.1, 0.15) is 34.4 Å². The highest BCUT2D eigenvalue weighted by molar-refractivity contribution is 7.15. The van der Waals surface area contributed by atoms with E-state index < -0.39 is 0 Å². The Bertz CT molecular complexity index is 1380. The summed E-state index contributed by atoms with van der Waals surface area (Å²) in [6.07, 6.45) is 5.72. The number of aryl methyl sites for hydroxylation is 2. The smallest absolute Gasteiger partial charge is 0.251 e. The lowest BCUT2D eigenvalue weighted by Crippen LogP contribution is -2.27. The molecule has 0 saturated carbocycles. The van der Waals surface area contributed by atoms with Crippen molar-refractivity contribution in [1.29, 1.82) is 5.41 Å². The number of hydrogen-bond acceptors (Lipinski definition) is 6. The number of fused-ring (bicyclic) bond motifs is 1. The van der Waals surface area contributed by atoms with Crippen molar-refractivity contribution in [1.82, 2.24) is 25.2 Å². The van der Waals surface area contributed by atoms with Gasteiger partial charge in [0, 0.05) is 30.4 Å². The zero-order valence-corrected chi connectivity index (χ0v) is 20.9. The molecule has 1 amide bonds. The molecule has 0 bridgehead atoms. The summed E-state index contributed by atoms with van der Waals surface area (Å²) in [7, 11) is 0. The maximum absolute atomic E-state index is 12.8. The molecular formula is C27H28N6OS. The lowest BCUT2D eigenvalue weighted by Gasteiger charge is -2.14. The highest BCUT2D eigenvalue weighted by Gasteiger charge is 2.18. The predicted octanol–water partition coefficient (Wildman–Crippen LogP) is 5.60. The number of hydrogen-bond donors (Lipinski definition) is 2. The zero-order chi connectivity index (χ0) is 24.8. The van der Waals surface area contributed by atoms with Crippen LogP contribution in [0.4, 0.5) is 0 Å². The molecule has 4 rings (SSSR count). The van der Waals surface area contributed by atoms with Gasteiger partial charge in [-0.15, -0.1) is 11.3 Å². The molecule has 8 heteroatoms. The van der Waals surface area contributed by atoms with Gasteiger partial charge in [-0.25, -0.2) is 15.0 Å². The van der Waals surface area contributed by atoms with Gasteiger partial charge in [0.05, 0.1) is 38.6 Å². The van der Waals surface area contributed by atoms with Gasteiger partial charge in [-0.3, -0.25) is 10.2 Å². The first kappa shape index (κ1) is 24.2. The summed E-state index contributed by atoms with van der Waals surface area (Å²) in [6, 6.07) is 15.4. The van der Waals surface area contributed by atoms with E-state index in [0.717, 1.165) is 44.5 Å². The molecular weight excluding hydrogens is 456 g/mol. The standard InChI is InChI=1S/C27H28N6OS/c1-4-14-33(17-28)15-8-13-29-27(34)21-11-12-22-23(16-21)32-24(20-9-6-5-7-10-20)25(31-22)26-18(2)30-19(3)35-26/h4-7,9-12,14,16-17,28H,8,13,15H2,1-3H3,(H,29,34)/b14-4-,28-17?. The Labute approximate surface area is 209 Å². The lowest BCUT2D eigenvalue weighted by atomic mass is 10.1. The number of carbonyl (C=O) groups is 1. The van der Waals surface area contributed by atoms with E-state index in [1.54, 1.807) is 28.4 Å². The highest BCUT2D eigenvalue weighted by Crippen LogP contribution is 2.36. The largest absolute Gasteiger partial charge is 0.352 e. The molecule has 0 aliphatic carbocycles. The molecule has 2 heterocycles. The number of allylic oxidation sites excluding steroid dienone is 1. The fourth-order valence-electron chi connectivity index (χ4n) is 3.84. The summed E-state index contributed by atoms with van der Waals surface area (Å²) in [6.45, 7) is 7.07. The Morgan fingerprint density at radius 2 is 1.83 bits per heavy atom. The molecule has 0 unspecified atom stereocenters. The van der Waals surface area contributed by atoms with Crippen LogP contribution >= 0.6 is 11.3 Å². The summed E-state index contributed by atoms with van der Waals surface area (Å²) in [5.74, 6) is -0.152. The number of thiazole rings is 1. The minimum atomic E-state index is -0.152. The summed E-state index contributed by atoms with van der Waals surface area (Å²) in [5.41, 5.74) is 5.43. The summed E-state index contributed by atoms with van der Waals surface area (Å²) < 4.78 is 0. The van der Waals surface area contributed by atoms with Gasteiger partial charge >= 0.3 is 0 Å². The quantitative estimate of drug-likeness (QED) is 0.183. The molecule has 0 spiro atoms. The van der Waals surface area contributed by atoms with E-state index in [1.165, 1.54) is 6.34 Å². The number of amides is 1. The summed E-state index contributed by atoms with van der Waals surface area (Å²) in [4.78, 5) is 30.1. The number of rotatable bonds is 9. The molecule has 35 heavy (non-hydrogen) atoms. The number of carbonyl (C=O) groups excluding carboxylic acids is 1. The van der Waals surface area contributed by atoms with Crippen LogP contribution in [-0.4, -0.2) is 45.2 Å². The number of nitrogens with one attached hydrogen (secondary N) is 2. The van der Waals surface area contributed by atoms with Crippen LogP contribution in [0, 0.1) is 19.3 Å². The normalized spacial score (nSPS) is 11.2. The first-order valence-electron chi connectivity index (χ1n) is 11.5. The van der Waals surface area contributed by atoms with Gasteiger partial charge in [0.25, 0.3) is 5.91 Å². The number of aromatic nitrogens is 3. The van der Waals surface area contributed by atoms with Crippen LogP contribution in [-0.2, 0) is 0 Å². The first-order chi connectivity index (χ1) is 17.0. The fourth-order valence-corrected chi connectivity index (χ4v) is 4.75. The van der Waals surface area contributed by atoms with Gasteiger partial charge in [0.1, 0.15) is 5.69 Å². The van der Waals surface area contributed by atoms with Crippen molar-refractivity contribution in [3.05, 3.63) is 77.1 Å². The third kappa shape index (κ3) is 5.60. The molecule has 0 fully saturated rings. The van der Waals surface area contributed by atoms with Crippen molar-refractivity contribution in [2.75, 3.05) is 13.1 Å². The Balaban J connectivity index is 1.62. The van der Waals surface area contributed by atoms with E-state index in [9.17, 15) is 4.79 Å². The molecule has 0 saturated heterocycles. The van der Waals surface area contributed by atoms with Gasteiger partial charge in [0.15, 0.2) is 0 Å². The molecule has 2 aromatic carbocycles. The first-order valence-corrected chi connectivity index (χ1v) is 12.3. The van der Waals surface area contributed by atoms with Crippen molar-refractivity contribution in [3.63, 3.8) is 0 Å². The third-order valence-corrected chi connectivity index (χ3v) is 6.56. The lowest BCUT2D eigenvalue weighted by molar-refractivity contribution is 0.0953. The van der Waals surface area contributed by atoms with Crippen molar-refractivity contribution >= 4 is 34.6 Å². The average molecular weight is 485 g/mol. The van der Waals surface area contributed by atoms with E-state index in [2.05, 4.69) is 10.3 Å². The molecule has 0 aliphatic rings. The third-order valence-electron chi connectivity index (χ3n) is 5.48. The van der Waals surface area contributed by atoms with Crippen LogP contribution in [0.25, 0.3) is 32.9 Å². The van der Waals surface area contributed by atoms with Crippen molar-refractivity contribution in [2.24, 2.45) is 0 Å². The van der Waals surface area contributed by atoms with E-state index in [4.69, 9.17) is 15.4 Å². The molecule has 0 atom stereocenters. The van der Waals surface area contributed by atoms with E-state index >= 15 is 0 Å². The summed E-state index contributed by atoms with van der Waals surface area (Å²) in [5, 5.41) is 11.3. The minimum Gasteiger partial charge on any atom is -0.352 e. The van der Waals surface area contributed by atoms with E-state index in [0.29, 0.717) is 24.2 Å². The second-order valence-electron chi connectivity index (χ2n) is 8.10. The van der Waals surface area contributed by atoms with Gasteiger partial charge < -0.3 is 10.2 Å². The molecule has 178 valence electrons.